The summed E-state index contributed by atoms with van der Waals surface area (Å²) in [6, 6.07) is 21.9. The van der Waals surface area contributed by atoms with E-state index in [0.717, 1.165) is 28.4 Å². The Morgan fingerprint density at radius 2 is 1.60 bits per heavy atom. The Morgan fingerprint density at radius 1 is 0.943 bits per heavy atom. The lowest BCUT2D eigenvalue weighted by Crippen LogP contribution is -2.40. The van der Waals surface area contributed by atoms with Gasteiger partial charge < -0.3 is 10.2 Å². The molecule has 35 heavy (non-hydrogen) atoms. The van der Waals surface area contributed by atoms with E-state index in [-0.39, 0.29) is 17.3 Å². The minimum Gasteiger partial charge on any atom is -0.350 e. The molecule has 3 aromatic carbocycles. The number of carbonyl (C=O) groups is 2. The molecule has 0 bridgehead atoms. The van der Waals surface area contributed by atoms with E-state index in [0.29, 0.717) is 23.7 Å². The molecule has 0 radical (unpaired) electrons. The summed E-state index contributed by atoms with van der Waals surface area (Å²) in [6.45, 7) is 1.04. The van der Waals surface area contributed by atoms with Crippen molar-refractivity contribution in [2.75, 3.05) is 17.4 Å². The maximum Gasteiger partial charge on any atom is 0.264 e. The Labute approximate surface area is 210 Å². The van der Waals surface area contributed by atoms with Gasteiger partial charge in [-0.25, -0.2) is 8.42 Å². The number of halogens is 1. The third-order valence-electron chi connectivity index (χ3n) is 5.86. The monoisotopic (exact) mass is 511 g/mol. The van der Waals surface area contributed by atoms with E-state index in [4.69, 9.17) is 11.6 Å². The number of rotatable bonds is 9. The first kappa shape index (κ1) is 24.8. The highest BCUT2D eigenvalue weighted by molar-refractivity contribution is 7.92. The zero-order valence-corrected chi connectivity index (χ0v) is 20.6. The van der Waals surface area contributed by atoms with Gasteiger partial charge in [-0.3, -0.25) is 13.9 Å². The van der Waals surface area contributed by atoms with Crippen molar-refractivity contribution in [3.8, 4) is 0 Å². The van der Waals surface area contributed by atoms with Gasteiger partial charge in [0.05, 0.1) is 10.6 Å². The van der Waals surface area contributed by atoms with Gasteiger partial charge in [0.25, 0.3) is 10.0 Å². The quantitative estimate of drug-likeness (QED) is 0.471. The third kappa shape index (κ3) is 6.01. The average Bonchev–Trinajstić information content (AvgIpc) is 3.27. The molecule has 3 aromatic rings. The molecule has 182 valence electrons. The molecule has 7 nitrogen and oxygen atoms in total. The number of amides is 2. The van der Waals surface area contributed by atoms with E-state index in [1.807, 2.05) is 29.2 Å². The molecule has 4 rings (SSSR count). The van der Waals surface area contributed by atoms with Crippen molar-refractivity contribution in [3.63, 3.8) is 0 Å². The van der Waals surface area contributed by atoms with Gasteiger partial charge in [-0.05, 0) is 53.9 Å². The van der Waals surface area contributed by atoms with E-state index in [1.54, 1.807) is 42.5 Å². The minimum atomic E-state index is -3.99. The fourth-order valence-corrected chi connectivity index (χ4v) is 5.55. The fourth-order valence-electron chi connectivity index (χ4n) is 3.98. The predicted molar refractivity (Wildman–Crippen MR) is 135 cm³/mol. The number of hydrogen-bond donors (Lipinski definition) is 1. The first-order valence-corrected chi connectivity index (χ1v) is 13.1. The Bertz CT molecular complexity index is 1300. The van der Waals surface area contributed by atoms with Gasteiger partial charge in [-0.1, -0.05) is 54.1 Å². The van der Waals surface area contributed by atoms with Crippen LogP contribution in [0.3, 0.4) is 0 Å². The summed E-state index contributed by atoms with van der Waals surface area (Å²) in [4.78, 5) is 26.9. The van der Waals surface area contributed by atoms with Crippen LogP contribution in [0.25, 0.3) is 0 Å². The van der Waals surface area contributed by atoms with Crippen molar-refractivity contribution in [2.24, 2.45) is 0 Å². The summed E-state index contributed by atoms with van der Waals surface area (Å²) in [7, 11) is -3.99. The van der Waals surface area contributed by atoms with Gasteiger partial charge in [-0.2, -0.15) is 0 Å². The molecule has 1 N–H and O–H groups in total. The molecular formula is C26H26ClN3O4S. The van der Waals surface area contributed by atoms with Crippen LogP contribution in [0.1, 0.15) is 24.0 Å². The third-order valence-corrected chi connectivity index (χ3v) is 7.90. The van der Waals surface area contributed by atoms with Gasteiger partial charge in [0, 0.05) is 31.1 Å². The van der Waals surface area contributed by atoms with Crippen LogP contribution in [-0.2, 0) is 32.7 Å². The van der Waals surface area contributed by atoms with Crippen LogP contribution in [0.5, 0.6) is 0 Å². The number of nitrogens with one attached hydrogen (secondary N) is 1. The van der Waals surface area contributed by atoms with Crippen molar-refractivity contribution in [2.45, 2.75) is 30.8 Å². The van der Waals surface area contributed by atoms with E-state index in [2.05, 4.69) is 5.32 Å². The molecular weight excluding hydrogens is 486 g/mol. The predicted octanol–water partition coefficient (Wildman–Crippen LogP) is 3.97. The zero-order valence-electron chi connectivity index (χ0n) is 19.1. The standard InChI is InChI=1S/C26H26ClN3O4S/c27-22-12-14-23(15-13-22)30(35(33,34)24-9-2-1-3-10-24)19-25(31)28-17-20-7-4-5-8-21(20)18-29-16-6-11-26(29)32/h1-5,7-10,12-15H,6,11,16-19H2,(H,28,31). The van der Waals surface area contributed by atoms with Gasteiger partial charge in [0.15, 0.2) is 0 Å². The van der Waals surface area contributed by atoms with Crippen molar-refractivity contribution in [1.82, 2.24) is 10.2 Å². The van der Waals surface area contributed by atoms with E-state index in [9.17, 15) is 18.0 Å². The van der Waals surface area contributed by atoms with Crippen molar-refractivity contribution >= 4 is 39.1 Å². The SMILES string of the molecule is O=C(CN(c1ccc(Cl)cc1)S(=O)(=O)c1ccccc1)NCc1ccccc1CN1CCCC1=O. The van der Waals surface area contributed by atoms with Crippen LogP contribution in [-0.4, -0.2) is 38.2 Å². The molecule has 9 heteroatoms. The Morgan fingerprint density at radius 3 is 2.26 bits per heavy atom. The summed E-state index contributed by atoms with van der Waals surface area (Å²) in [5.74, 6) is -0.319. The molecule has 0 unspecified atom stereocenters. The van der Waals surface area contributed by atoms with Gasteiger partial charge in [0.2, 0.25) is 11.8 Å². The van der Waals surface area contributed by atoms with Crippen LogP contribution in [0.15, 0.2) is 83.8 Å². The van der Waals surface area contributed by atoms with Crippen LogP contribution in [0, 0.1) is 0 Å². The lowest BCUT2D eigenvalue weighted by Gasteiger charge is -2.24. The highest BCUT2D eigenvalue weighted by Crippen LogP contribution is 2.25. The molecule has 1 aliphatic rings. The Hall–Kier alpha value is -3.36. The Kier molecular flexibility index (Phi) is 7.73. The molecule has 1 heterocycles. The number of sulfonamides is 1. The van der Waals surface area contributed by atoms with Crippen molar-refractivity contribution in [3.05, 3.63) is 95.0 Å². The van der Waals surface area contributed by atoms with Gasteiger partial charge >= 0.3 is 0 Å². The average molecular weight is 512 g/mol. The first-order chi connectivity index (χ1) is 16.8. The molecule has 0 saturated carbocycles. The number of benzene rings is 3. The summed E-state index contributed by atoms with van der Waals surface area (Å²) in [6.07, 6.45) is 1.42. The molecule has 0 aromatic heterocycles. The van der Waals surface area contributed by atoms with Gasteiger partial charge in [0.1, 0.15) is 6.54 Å². The van der Waals surface area contributed by atoms with Crippen LogP contribution in [0.4, 0.5) is 5.69 Å². The second kappa shape index (κ2) is 10.9. The van der Waals surface area contributed by atoms with Crippen molar-refractivity contribution in [1.29, 1.82) is 0 Å². The molecule has 1 saturated heterocycles. The molecule has 0 atom stereocenters. The first-order valence-electron chi connectivity index (χ1n) is 11.3. The maximum atomic E-state index is 13.4. The summed E-state index contributed by atoms with van der Waals surface area (Å²) in [5.41, 5.74) is 2.17. The van der Waals surface area contributed by atoms with E-state index in [1.165, 1.54) is 12.1 Å². The maximum absolute atomic E-state index is 13.4. The number of hydrogen-bond acceptors (Lipinski definition) is 4. The van der Waals surface area contributed by atoms with Crippen LogP contribution in [0.2, 0.25) is 5.02 Å². The van der Waals surface area contributed by atoms with Crippen molar-refractivity contribution < 1.29 is 18.0 Å². The van der Waals surface area contributed by atoms with Gasteiger partial charge in [-0.15, -0.1) is 0 Å². The summed E-state index contributed by atoms with van der Waals surface area (Å²) in [5, 5.41) is 3.30. The van der Waals surface area contributed by atoms with E-state index < -0.39 is 22.5 Å². The molecule has 2 amide bonds. The number of nitrogens with zero attached hydrogens (tertiary/aromatic N) is 2. The summed E-state index contributed by atoms with van der Waals surface area (Å²) < 4.78 is 27.8. The number of anilines is 1. The fraction of sp³-hybridized carbons (Fsp3) is 0.231. The smallest absolute Gasteiger partial charge is 0.264 e. The Balaban J connectivity index is 1.50. The molecule has 0 aliphatic carbocycles. The molecule has 0 spiro atoms. The van der Waals surface area contributed by atoms with E-state index >= 15 is 0 Å². The number of carbonyl (C=O) groups excluding carboxylic acids is 2. The summed E-state index contributed by atoms with van der Waals surface area (Å²) >= 11 is 5.98. The highest BCUT2D eigenvalue weighted by atomic mass is 35.5. The second-order valence-electron chi connectivity index (χ2n) is 8.27. The highest BCUT2D eigenvalue weighted by Gasteiger charge is 2.27. The lowest BCUT2D eigenvalue weighted by molar-refractivity contribution is -0.128. The molecule has 1 fully saturated rings. The second-order valence-corrected chi connectivity index (χ2v) is 10.6. The number of likely N-dealkylation sites (tertiary alicyclic amines) is 1. The largest absolute Gasteiger partial charge is 0.350 e. The van der Waals surface area contributed by atoms with Crippen LogP contribution < -0.4 is 9.62 Å². The normalized spacial score (nSPS) is 13.6. The minimum absolute atomic E-state index is 0.0865. The lowest BCUT2D eigenvalue weighted by atomic mass is 10.1. The molecule has 1 aliphatic heterocycles. The zero-order chi connectivity index (χ0) is 24.8. The van der Waals surface area contributed by atoms with Crippen LogP contribution >= 0.6 is 11.6 Å². The topological polar surface area (TPSA) is 86.8 Å².